The van der Waals surface area contributed by atoms with E-state index in [1.54, 1.807) is 25.1 Å². The number of ether oxygens (including phenoxy) is 1. The van der Waals surface area contributed by atoms with Crippen LogP contribution in [0.25, 0.3) is 0 Å². The molecule has 6 nitrogen and oxygen atoms in total. The molecule has 2 rings (SSSR count). The Morgan fingerprint density at radius 1 is 1.33 bits per heavy atom. The van der Waals surface area contributed by atoms with Crippen molar-refractivity contribution in [2.75, 3.05) is 7.11 Å². The minimum absolute atomic E-state index is 0.124. The van der Waals surface area contributed by atoms with Crippen molar-refractivity contribution >= 4 is 21.7 Å². The van der Waals surface area contributed by atoms with E-state index in [1.165, 1.54) is 25.4 Å². The maximum Gasteiger partial charge on any atom is 0.335 e. The van der Waals surface area contributed by atoms with Crippen LogP contribution in [0, 0.1) is 0 Å². The van der Waals surface area contributed by atoms with Gasteiger partial charge in [0, 0.05) is 12.6 Å². The molecule has 1 aromatic carbocycles. The Morgan fingerprint density at radius 3 is 2.62 bits per heavy atom. The lowest BCUT2D eigenvalue weighted by Gasteiger charge is -2.21. The molecule has 1 unspecified atom stereocenters. The van der Waals surface area contributed by atoms with Gasteiger partial charge in [0.15, 0.2) is 0 Å². The molecule has 0 amide bonds. The average Bonchev–Trinajstić information content (AvgIpc) is 2.49. The van der Waals surface area contributed by atoms with Gasteiger partial charge in [-0.3, -0.25) is 0 Å². The smallest absolute Gasteiger partial charge is 0.335 e. The Bertz CT molecular complexity index is 693. The molecule has 0 aliphatic carbocycles. The molecule has 0 fully saturated rings. The van der Waals surface area contributed by atoms with Crippen LogP contribution in [-0.2, 0) is 19.6 Å². The highest BCUT2D eigenvalue weighted by Crippen LogP contribution is 2.17. The maximum absolute atomic E-state index is 12.2. The van der Waals surface area contributed by atoms with Gasteiger partial charge in [-0.2, -0.15) is 12.8 Å². The number of nitrogens with one attached hydrogen (secondary N) is 1. The van der Waals surface area contributed by atoms with Gasteiger partial charge in [-0.25, -0.2) is 4.79 Å². The second-order valence-electron chi connectivity index (χ2n) is 4.60. The topological polar surface area (TPSA) is 84.8 Å². The van der Waals surface area contributed by atoms with Gasteiger partial charge in [0.1, 0.15) is 0 Å². The first-order valence-electron chi connectivity index (χ1n) is 6.36. The van der Waals surface area contributed by atoms with E-state index in [1.807, 2.05) is 0 Å². The summed E-state index contributed by atoms with van der Waals surface area (Å²) >= 11 is 0. The number of benzene rings is 1. The van der Waals surface area contributed by atoms with Crippen LogP contribution in [0.5, 0.6) is 0 Å². The molecule has 21 heavy (non-hydrogen) atoms. The number of nitrogens with zero attached hydrogens (tertiary/aromatic N) is 1. The molecule has 1 atom stereocenters. The number of esters is 1. The predicted octanol–water partition coefficient (Wildman–Crippen LogP) is 1.25. The Labute approximate surface area is 123 Å². The van der Waals surface area contributed by atoms with E-state index in [0.717, 1.165) is 0 Å². The summed E-state index contributed by atoms with van der Waals surface area (Å²) in [6, 6.07) is 7.70. The molecule has 0 bridgehead atoms. The highest BCUT2D eigenvalue weighted by Gasteiger charge is 2.24. The molecule has 1 heterocycles. The summed E-state index contributed by atoms with van der Waals surface area (Å²) in [5.74, 6) is -0.501. The molecule has 0 radical (unpaired) electrons. The van der Waals surface area contributed by atoms with Crippen molar-refractivity contribution in [3.05, 3.63) is 42.1 Å². The third-order valence-electron chi connectivity index (χ3n) is 3.11. The Morgan fingerprint density at radius 2 is 2.00 bits per heavy atom. The summed E-state index contributed by atoms with van der Waals surface area (Å²) in [5.41, 5.74) is 0.722. The number of carbonyl (C=O) groups is 1. The highest BCUT2D eigenvalue weighted by molar-refractivity contribution is 7.90. The van der Waals surface area contributed by atoms with Gasteiger partial charge in [-0.15, -0.1) is 0 Å². The highest BCUT2D eigenvalue weighted by atomic mass is 32.2. The van der Waals surface area contributed by atoms with E-state index in [0.29, 0.717) is 11.3 Å². The quantitative estimate of drug-likeness (QED) is 0.850. The SMILES string of the molecule is COC(=O)C1=CNC(C)C(=NS(=O)(=O)c2ccccc2)C1. The Balaban J connectivity index is 2.32. The van der Waals surface area contributed by atoms with Gasteiger partial charge in [-0.1, -0.05) is 18.2 Å². The Hall–Kier alpha value is -2.15. The fraction of sp³-hybridized carbons (Fsp3) is 0.286. The predicted molar refractivity (Wildman–Crippen MR) is 78.4 cm³/mol. The average molecular weight is 308 g/mol. The third-order valence-corrected chi connectivity index (χ3v) is 4.45. The summed E-state index contributed by atoms with van der Waals surface area (Å²) in [7, 11) is -2.50. The van der Waals surface area contributed by atoms with Gasteiger partial charge in [0.25, 0.3) is 10.0 Å². The normalized spacial score (nSPS) is 20.6. The van der Waals surface area contributed by atoms with Crippen molar-refractivity contribution in [2.45, 2.75) is 24.3 Å². The molecule has 7 heteroatoms. The summed E-state index contributed by atoms with van der Waals surface area (Å²) in [4.78, 5) is 11.6. The molecule has 1 aromatic rings. The lowest BCUT2D eigenvalue weighted by molar-refractivity contribution is -0.136. The van der Waals surface area contributed by atoms with Gasteiger partial charge in [-0.05, 0) is 19.1 Å². The van der Waals surface area contributed by atoms with Gasteiger partial charge in [0.05, 0.1) is 29.3 Å². The van der Waals surface area contributed by atoms with Gasteiger partial charge < -0.3 is 10.1 Å². The number of sulfonamides is 1. The number of carbonyl (C=O) groups excluding carboxylic acids is 1. The summed E-state index contributed by atoms with van der Waals surface area (Å²) in [6.07, 6.45) is 1.68. The molecule has 0 saturated carbocycles. The first-order valence-corrected chi connectivity index (χ1v) is 7.80. The zero-order valence-corrected chi connectivity index (χ0v) is 12.6. The summed E-state index contributed by atoms with van der Waals surface area (Å²) in [5, 5.41) is 2.91. The molecule has 1 aliphatic heterocycles. The van der Waals surface area contributed by atoms with E-state index in [2.05, 4.69) is 14.5 Å². The lowest BCUT2D eigenvalue weighted by Crippen LogP contribution is -2.36. The van der Waals surface area contributed by atoms with Crippen LogP contribution in [0.3, 0.4) is 0 Å². The van der Waals surface area contributed by atoms with Crippen LogP contribution >= 0.6 is 0 Å². The summed E-state index contributed by atoms with van der Waals surface area (Å²) < 4.78 is 33.0. The molecule has 1 aliphatic rings. The van der Waals surface area contributed by atoms with Gasteiger partial charge in [0.2, 0.25) is 0 Å². The van der Waals surface area contributed by atoms with E-state index in [9.17, 15) is 13.2 Å². The zero-order valence-electron chi connectivity index (χ0n) is 11.7. The molecular weight excluding hydrogens is 292 g/mol. The molecule has 0 spiro atoms. The van der Waals surface area contributed by atoms with Crippen molar-refractivity contribution in [2.24, 2.45) is 4.40 Å². The van der Waals surface area contributed by atoms with Crippen molar-refractivity contribution in [3.8, 4) is 0 Å². The second kappa shape index (κ2) is 6.09. The van der Waals surface area contributed by atoms with Crippen molar-refractivity contribution < 1.29 is 17.9 Å². The second-order valence-corrected chi connectivity index (χ2v) is 6.20. The molecule has 112 valence electrons. The van der Waals surface area contributed by atoms with Crippen LogP contribution in [0.15, 0.2) is 51.4 Å². The van der Waals surface area contributed by atoms with Crippen molar-refractivity contribution in [1.82, 2.24) is 5.32 Å². The molecular formula is C14H16N2O4S. The Kier molecular flexibility index (Phi) is 4.42. The van der Waals surface area contributed by atoms with E-state index in [4.69, 9.17) is 0 Å². The van der Waals surface area contributed by atoms with Crippen molar-refractivity contribution in [1.29, 1.82) is 0 Å². The standard InChI is InChI=1S/C14H16N2O4S/c1-10-13(8-11(9-15-10)14(17)20-2)16-21(18,19)12-6-4-3-5-7-12/h3-7,9-10,15H,8H2,1-2H3. The van der Waals surface area contributed by atoms with E-state index in [-0.39, 0.29) is 17.4 Å². The molecule has 0 aromatic heterocycles. The minimum atomic E-state index is -3.78. The minimum Gasteiger partial charge on any atom is -0.466 e. The van der Waals surface area contributed by atoms with E-state index >= 15 is 0 Å². The number of hydrogen-bond acceptors (Lipinski definition) is 5. The van der Waals surface area contributed by atoms with Crippen LogP contribution in [-0.4, -0.2) is 33.3 Å². The zero-order chi connectivity index (χ0) is 15.5. The largest absolute Gasteiger partial charge is 0.466 e. The van der Waals surface area contributed by atoms with Gasteiger partial charge >= 0.3 is 5.97 Å². The van der Waals surface area contributed by atoms with Crippen LogP contribution in [0.1, 0.15) is 13.3 Å². The monoisotopic (exact) mass is 308 g/mol. The number of rotatable bonds is 3. The molecule has 0 saturated heterocycles. The fourth-order valence-electron chi connectivity index (χ4n) is 1.89. The summed E-state index contributed by atoms with van der Waals surface area (Å²) in [6.45, 7) is 1.78. The van der Waals surface area contributed by atoms with Crippen LogP contribution < -0.4 is 5.32 Å². The van der Waals surface area contributed by atoms with Crippen LogP contribution in [0.2, 0.25) is 0 Å². The fourth-order valence-corrected chi connectivity index (χ4v) is 3.03. The number of hydrogen-bond donors (Lipinski definition) is 1. The van der Waals surface area contributed by atoms with Crippen LogP contribution in [0.4, 0.5) is 0 Å². The third kappa shape index (κ3) is 3.49. The molecule has 1 N–H and O–H groups in total. The number of methoxy groups -OCH3 is 1. The lowest BCUT2D eigenvalue weighted by atomic mass is 10.0. The first kappa shape index (κ1) is 15.2. The maximum atomic E-state index is 12.2. The van der Waals surface area contributed by atoms with Crippen molar-refractivity contribution in [3.63, 3.8) is 0 Å². The van der Waals surface area contributed by atoms with E-state index < -0.39 is 16.0 Å². The first-order chi connectivity index (χ1) is 9.94.